The van der Waals surface area contributed by atoms with Gasteiger partial charge in [-0.15, -0.1) is 0 Å². The molecule has 0 spiro atoms. The molecule has 0 aromatic heterocycles. The molecule has 4 atom stereocenters. The average Bonchev–Trinajstić information content (AvgIpc) is 2.56. The van der Waals surface area contributed by atoms with E-state index < -0.39 is 52.3 Å². The predicted octanol–water partition coefficient (Wildman–Crippen LogP) is 3.42. The molecule has 1 fully saturated rings. The zero-order valence-electron chi connectivity index (χ0n) is 19.6. The van der Waals surface area contributed by atoms with Gasteiger partial charge in [0.15, 0.2) is 5.78 Å². The number of Topliss-reactive ketones (excluding diaryl/α,β-unsaturated/α-hetero) is 1. The first-order chi connectivity index (χ1) is 14.1. The molecule has 7 heteroatoms. The Morgan fingerprint density at radius 3 is 1.90 bits per heavy atom. The van der Waals surface area contributed by atoms with Gasteiger partial charge in [-0.25, -0.2) is 0 Å². The molecule has 0 heterocycles. The molecule has 4 unspecified atom stereocenters. The van der Waals surface area contributed by atoms with Crippen LogP contribution in [0.2, 0.25) is 0 Å². The number of ketones is 1. The number of rotatable bonds is 4. The van der Waals surface area contributed by atoms with Crippen molar-refractivity contribution in [3.63, 3.8) is 0 Å². The van der Waals surface area contributed by atoms with Gasteiger partial charge in [-0.05, 0) is 66.2 Å². The molecule has 1 aliphatic carbocycles. The zero-order valence-corrected chi connectivity index (χ0v) is 19.6. The molecule has 0 bridgehead atoms. The van der Waals surface area contributed by atoms with Gasteiger partial charge in [0.1, 0.15) is 22.9 Å². The van der Waals surface area contributed by atoms with Crippen LogP contribution in [0.4, 0.5) is 0 Å². The molecule has 1 aliphatic rings. The Labute approximate surface area is 184 Å². The Balaban J connectivity index is 2.63. The summed E-state index contributed by atoms with van der Waals surface area (Å²) in [5, 5.41) is 11.1. The molecule has 31 heavy (non-hydrogen) atoms. The fraction of sp³-hybridized carbons (Fsp3) is 0.625. The highest BCUT2D eigenvalue weighted by Gasteiger charge is 2.57. The van der Waals surface area contributed by atoms with E-state index in [4.69, 9.17) is 14.2 Å². The number of esters is 2. The third kappa shape index (κ3) is 6.06. The van der Waals surface area contributed by atoms with Crippen LogP contribution in [0.25, 0.3) is 0 Å². The predicted molar refractivity (Wildman–Crippen MR) is 115 cm³/mol. The van der Waals surface area contributed by atoms with Gasteiger partial charge in [0.2, 0.25) is 0 Å². The Bertz CT molecular complexity index is 825. The van der Waals surface area contributed by atoms with Crippen LogP contribution >= 0.6 is 0 Å². The molecule has 2 rings (SSSR count). The van der Waals surface area contributed by atoms with Crippen molar-refractivity contribution < 1.29 is 33.7 Å². The molecule has 0 aliphatic heterocycles. The van der Waals surface area contributed by atoms with Crippen molar-refractivity contribution in [2.75, 3.05) is 7.11 Å². The van der Waals surface area contributed by atoms with Gasteiger partial charge in [0, 0.05) is 12.3 Å². The molecule has 0 saturated heterocycles. The normalized spacial score (nSPS) is 26.9. The Morgan fingerprint density at radius 2 is 1.45 bits per heavy atom. The van der Waals surface area contributed by atoms with E-state index in [1.54, 1.807) is 65.8 Å². The molecule has 1 N–H and O–H groups in total. The van der Waals surface area contributed by atoms with Crippen LogP contribution < -0.4 is 4.74 Å². The van der Waals surface area contributed by atoms with Crippen molar-refractivity contribution in [3.05, 3.63) is 29.8 Å². The second-order valence-electron chi connectivity index (χ2n) is 10.3. The van der Waals surface area contributed by atoms with Crippen molar-refractivity contribution in [1.29, 1.82) is 0 Å². The minimum absolute atomic E-state index is 0.354. The number of methoxy groups -OCH3 is 1. The van der Waals surface area contributed by atoms with E-state index in [1.807, 2.05) is 0 Å². The van der Waals surface area contributed by atoms with Crippen molar-refractivity contribution in [2.45, 2.75) is 77.6 Å². The van der Waals surface area contributed by atoms with E-state index in [0.717, 1.165) is 0 Å². The first kappa shape index (κ1) is 24.9. The second kappa shape index (κ2) is 8.61. The van der Waals surface area contributed by atoms with E-state index in [2.05, 4.69) is 0 Å². The molecule has 1 aromatic carbocycles. The van der Waals surface area contributed by atoms with E-state index in [9.17, 15) is 19.5 Å². The van der Waals surface area contributed by atoms with Gasteiger partial charge < -0.3 is 19.3 Å². The second-order valence-corrected chi connectivity index (χ2v) is 10.3. The summed E-state index contributed by atoms with van der Waals surface area (Å²) in [6.45, 7) is 11.7. The molecule has 1 saturated carbocycles. The van der Waals surface area contributed by atoms with E-state index >= 15 is 0 Å². The maximum Gasteiger partial charge on any atom is 0.317 e. The number of carbonyl (C=O) groups excluding carboxylic acids is 3. The molecule has 1 aromatic rings. The molecule has 0 amide bonds. The molecular formula is C24H34O7. The summed E-state index contributed by atoms with van der Waals surface area (Å²) in [5.74, 6) is -4.62. The molecular weight excluding hydrogens is 400 g/mol. The highest BCUT2D eigenvalue weighted by atomic mass is 16.6. The topological polar surface area (TPSA) is 99.1 Å². The number of aliphatic hydroxyl groups is 1. The highest BCUT2D eigenvalue weighted by Crippen LogP contribution is 2.47. The van der Waals surface area contributed by atoms with Crippen LogP contribution in [-0.4, -0.2) is 46.7 Å². The molecule has 7 nitrogen and oxygen atoms in total. The quantitative estimate of drug-likeness (QED) is 0.573. The van der Waals surface area contributed by atoms with E-state index in [-0.39, 0.29) is 6.42 Å². The lowest BCUT2D eigenvalue weighted by Crippen LogP contribution is -2.56. The number of carbonyl (C=O) groups is 3. The lowest BCUT2D eigenvalue weighted by molar-refractivity contribution is -0.182. The fourth-order valence-electron chi connectivity index (χ4n) is 3.97. The summed E-state index contributed by atoms with van der Waals surface area (Å²) in [4.78, 5) is 39.4. The van der Waals surface area contributed by atoms with E-state index in [0.29, 0.717) is 11.3 Å². The number of hydrogen-bond acceptors (Lipinski definition) is 7. The number of ether oxygens (including phenoxy) is 3. The number of hydrogen-bond donors (Lipinski definition) is 1. The van der Waals surface area contributed by atoms with Crippen LogP contribution in [0, 0.1) is 11.8 Å². The molecule has 172 valence electrons. The molecule has 0 radical (unpaired) electrons. The maximum absolute atomic E-state index is 13.2. The summed E-state index contributed by atoms with van der Waals surface area (Å²) in [5.41, 5.74) is -2.77. The van der Waals surface area contributed by atoms with Crippen LogP contribution in [0.15, 0.2) is 24.3 Å². The van der Waals surface area contributed by atoms with Crippen molar-refractivity contribution in [3.8, 4) is 5.75 Å². The first-order valence-corrected chi connectivity index (χ1v) is 10.4. The lowest BCUT2D eigenvalue weighted by Gasteiger charge is -2.44. The van der Waals surface area contributed by atoms with Crippen LogP contribution in [0.3, 0.4) is 0 Å². The smallest absolute Gasteiger partial charge is 0.317 e. The van der Waals surface area contributed by atoms with Gasteiger partial charge in [-0.3, -0.25) is 14.4 Å². The largest absolute Gasteiger partial charge is 0.497 e. The van der Waals surface area contributed by atoms with Gasteiger partial charge in [0.05, 0.1) is 18.6 Å². The Hall–Kier alpha value is -2.41. The third-order valence-electron chi connectivity index (χ3n) is 5.09. The summed E-state index contributed by atoms with van der Waals surface area (Å²) >= 11 is 0. The minimum atomic E-state index is -1.69. The van der Waals surface area contributed by atoms with E-state index in [1.165, 1.54) is 14.0 Å². The minimum Gasteiger partial charge on any atom is -0.497 e. The van der Waals surface area contributed by atoms with Gasteiger partial charge in [0.25, 0.3) is 0 Å². The van der Waals surface area contributed by atoms with Crippen LogP contribution in [0.5, 0.6) is 5.75 Å². The maximum atomic E-state index is 13.2. The monoisotopic (exact) mass is 434 g/mol. The third-order valence-corrected chi connectivity index (χ3v) is 5.09. The van der Waals surface area contributed by atoms with Gasteiger partial charge in [-0.1, -0.05) is 12.1 Å². The van der Waals surface area contributed by atoms with Gasteiger partial charge in [-0.2, -0.15) is 0 Å². The number of benzene rings is 1. The SMILES string of the molecule is COc1ccc(C2C(C(=O)OC(C)(C)C)C(=O)CC(C)(O)C2C(=O)OC(C)(C)C)cc1. The van der Waals surface area contributed by atoms with Crippen LogP contribution in [0.1, 0.15) is 66.4 Å². The Morgan fingerprint density at radius 1 is 0.968 bits per heavy atom. The fourth-order valence-corrected chi connectivity index (χ4v) is 3.97. The van der Waals surface area contributed by atoms with Crippen molar-refractivity contribution in [2.24, 2.45) is 11.8 Å². The lowest BCUT2D eigenvalue weighted by atomic mass is 9.61. The highest BCUT2D eigenvalue weighted by molar-refractivity contribution is 6.03. The average molecular weight is 435 g/mol. The Kier molecular flexibility index (Phi) is 6.91. The standard InChI is InChI=1S/C24H34O7/c1-22(2,3)30-20(26)18-16(25)13-24(7,28)19(21(27)31-23(4,5)6)17(18)14-9-11-15(29-8)12-10-14/h9-12,17-19,28H,13H2,1-8H3. The summed E-state index contributed by atoms with van der Waals surface area (Å²) in [7, 11) is 1.52. The summed E-state index contributed by atoms with van der Waals surface area (Å²) in [6.07, 6.45) is -0.354. The summed E-state index contributed by atoms with van der Waals surface area (Å²) < 4.78 is 16.3. The van der Waals surface area contributed by atoms with Crippen molar-refractivity contribution in [1.82, 2.24) is 0 Å². The van der Waals surface area contributed by atoms with Crippen LogP contribution in [-0.2, 0) is 23.9 Å². The van der Waals surface area contributed by atoms with Gasteiger partial charge >= 0.3 is 11.9 Å². The first-order valence-electron chi connectivity index (χ1n) is 10.4. The summed E-state index contributed by atoms with van der Waals surface area (Å²) in [6, 6.07) is 6.74. The van der Waals surface area contributed by atoms with Crippen molar-refractivity contribution >= 4 is 17.7 Å². The zero-order chi connectivity index (χ0) is 23.8.